The van der Waals surface area contributed by atoms with Gasteiger partial charge in [0.1, 0.15) is 0 Å². The van der Waals surface area contributed by atoms with Gasteiger partial charge in [-0.2, -0.15) is 0 Å². The standard InChI is InChI=1S/C19H18N2O3S/c1-12-14(18(22)20-13(2)17-9-5-11-25-17)6-3-7-15(12)21-19(23)16-8-4-10-24-16/h3-11,13H,1-2H3,(H,20,22)(H,21,23)/t13-/m1/s1. The van der Waals surface area contributed by atoms with Crippen LogP contribution in [0.25, 0.3) is 0 Å². The van der Waals surface area contributed by atoms with Gasteiger partial charge in [0.15, 0.2) is 5.76 Å². The first kappa shape index (κ1) is 17.0. The lowest BCUT2D eigenvalue weighted by Gasteiger charge is -2.15. The van der Waals surface area contributed by atoms with Crippen molar-refractivity contribution in [3.63, 3.8) is 0 Å². The zero-order valence-corrected chi connectivity index (χ0v) is 14.7. The van der Waals surface area contributed by atoms with E-state index in [1.54, 1.807) is 41.7 Å². The highest BCUT2D eigenvalue weighted by Crippen LogP contribution is 2.22. The van der Waals surface area contributed by atoms with E-state index >= 15 is 0 Å². The molecule has 0 saturated heterocycles. The van der Waals surface area contributed by atoms with Gasteiger partial charge in [0.2, 0.25) is 0 Å². The fourth-order valence-electron chi connectivity index (χ4n) is 2.49. The Morgan fingerprint density at radius 2 is 1.92 bits per heavy atom. The minimum Gasteiger partial charge on any atom is -0.459 e. The molecule has 2 N–H and O–H groups in total. The molecule has 3 aromatic rings. The number of hydrogen-bond acceptors (Lipinski definition) is 4. The van der Waals surface area contributed by atoms with Crippen molar-refractivity contribution in [3.05, 3.63) is 75.9 Å². The molecule has 0 fully saturated rings. The van der Waals surface area contributed by atoms with Crippen LogP contribution in [0.15, 0.2) is 58.5 Å². The number of rotatable bonds is 5. The summed E-state index contributed by atoms with van der Waals surface area (Å²) in [4.78, 5) is 25.8. The van der Waals surface area contributed by atoms with E-state index in [1.165, 1.54) is 6.26 Å². The fourth-order valence-corrected chi connectivity index (χ4v) is 3.23. The summed E-state index contributed by atoms with van der Waals surface area (Å²) in [7, 11) is 0. The Kier molecular flexibility index (Phi) is 5.00. The molecule has 0 spiro atoms. The van der Waals surface area contributed by atoms with E-state index in [-0.39, 0.29) is 23.6 Å². The van der Waals surface area contributed by atoms with Gasteiger partial charge < -0.3 is 15.1 Å². The Morgan fingerprint density at radius 1 is 1.08 bits per heavy atom. The van der Waals surface area contributed by atoms with Crippen molar-refractivity contribution in [1.29, 1.82) is 0 Å². The third-order valence-electron chi connectivity index (χ3n) is 3.89. The van der Waals surface area contributed by atoms with Gasteiger partial charge in [0.25, 0.3) is 11.8 Å². The number of furan rings is 1. The largest absolute Gasteiger partial charge is 0.459 e. The maximum Gasteiger partial charge on any atom is 0.291 e. The third kappa shape index (κ3) is 3.80. The van der Waals surface area contributed by atoms with E-state index in [0.717, 1.165) is 4.88 Å². The highest BCUT2D eigenvalue weighted by Gasteiger charge is 2.17. The number of carbonyl (C=O) groups excluding carboxylic acids is 2. The van der Waals surface area contributed by atoms with Gasteiger partial charge >= 0.3 is 0 Å². The van der Waals surface area contributed by atoms with Crippen molar-refractivity contribution in [2.75, 3.05) is 5.32 Å². The molecule has 0 saturated carbocycles. The maximum absolute atomic E-state index is 12.6. The van der Waals surface area contributed by atoms with Crippen LogP contribution >= 0.6 is 11.3 Å². The molecule has 0 aliphatic heterocycles. The number of thiophene rings is 1. The molecule has 0 radical (unpaired) electrons. The fraction of sp³-hybridized carbons (Fsp3) is 0.158. The Morgan fingerprint density at radius 3 is 2.60 bits per heavy atom. The number of nitrogens with one attached hydrogen (secondary N) is 2. The first-order chi connectivity index (χ1) is 12.1. The Bertz CT molecular complexity index is 870. The summed E-state index contributed by atoms with van der Waals surface area (Å²) in [6.07, 6.45) is 1.44. The summed E-state index contributed by atoms with van der Waals surface area (Å²) in [5.74, 6) is -0.300. The highest BCUT2D eigenvalue weighted by molar-refractivity contribution is 7.10. The Hall–Kier alpha value is -2.86. The van der Waals surface area contributed by atoms with Gasteiger partial charge in [-0.1, -0.05) is 12.1 Å². The van der Waals surface area contributed by atoms with E-state index < -0.39 is 0 Å². The van der Waals surface area contributed by atoms with Crippen LogP contribution in [0.1, 0.15) is 44.3 Å². The van der Waals surface area contributed by atoms with Crippen LogP contribution in [-0.2, 0) is 0 Å². The first-order valence-electron chi connectivity index (χ1n) is 7.85. The first-order valence-corrected chi connectivity index (χ1v) is 8.73. The summed E-state index contributed by atoms with van der Waals surface area (Å²) in [6.45, 7) is 3.75. The van der Waals surface area contributed by atoms with Gasteiger partial charge in [-0.25, -0.2) is 0 Å². The van der Waals surface area contributed by atoms with Gasteiger partial charge in [-0.15, -0.1) is 11.3 Å². The zero-order valence-electron chi connectivity index (χ0n) is 13.9. The lowest BCUT2D eigenvalue weighted by atomic mass is 10.1. The second-order valence-electron chi connectivity index (χ2n) is 5.62. The number of amides is 2. The highest BCUT2D eigenvalue weighted by atomic mass is 32.1. The molecule has 0 aliphatic carbocycles. The SMILES string of the molecule is Cc1c(NC(=O)c2ccco2)cccc1C(=O)N[C@H](C)c1cccs1. The van der Waals surface area contributed by atoms with Crippen LogP contribution < -0.4 is 10.6 Å². The van der Waals surface area contributed by atoms with Crippen LogP contribution in [0.2, 0.25) is 0 Å². The van der Waals surface area contributed by atoms with Crippen molar-refractivity contribution in [1.82, 2.24) is 5.32 Å². The summed E-state index contributed by atoms with van der Waals surface area (Å²) in [5, 5.41) is 7.75. The molecule has 2 heterocycles. The van der Waals surface area contributed by atoms with Gasteiger partial charge in [0.05, 0.1) is 12.3 Å². The van der Waals surface area contributed by atoms with Gasteiger partial charge in [-0.05, 0) is 55.1 Å². The average molecular weight is 354 g/mol. The van der Waals surface area contributed by atoms with E-state index in [1.807, 2.05) is 31.4 Å². The smallest absolute Gasteiger partial charge is 0.291 e. The van der Waals surface area contributed by atoms with E-state index in [2.05, 4.69) is 10.6 Å². The molecule has 3 rings (SSSR count). The number of anilines is 1. The van der Waals surface area contributed by atoms with Crippen molar-refractivity contribution < 1.29 is 14.0 Å². The van der Waals surface area contributed by atoms with E-state index in [0.29, 0.717) is 16.8 Å². The van der Waals surface area contributed by atoms with E-state index in [9.17, 15) is 9.59 Å². The lowest BCUT2D eigenvalue weighted by molar-refractivity contribution is 0.0938. The predicted molar refractivity (Wildman–Crippen MR) is 98.0 cm³/mol. The molecule has 1 aromatic carbocycles. The van der Waals surface area contributed by atoms with Gasteiger partial charge in [0, 0.05) is 16.1 Å². The molecule has 1 atom stereocenters. The minimum atomic E-state index is -0.349. The molecule has 25 heavy (non-hydrogen) atoms. The minimum absolute atomic E-state index is 0.0757. The molecule has 0 aliphatic rings. The van der Waals surface area contributed by atoms with Crippen LogP contribution in [-0.4, -0.2) is 11.8 Å². The maximum atomic E-state index is 12.6. The lowest BCUT2D eigenvalue weighted by Crippen LogP contribution is -2.27. The molecular weight excluding hydrogens is 336 g/mol. The normalized spacial score (nSPS) is 11.8. The topological polar surface area (TPSA) is 71.3 Å². The molecule has 2 amide bonds. The summed E-state index contributed by atoms with van der Waals surface area (Å²) < 4.78 is 5.09. The summed E-state index contributed by atoms with van der Waals surface area (Å²) in [6, 6.07) is 12.4. The second kappa shape index (κ2) is 7.36. The molecule has 0 unspecified atom stereocenters. The molecule has 5 nitrogen and oxygen atoms in total. The monoisotopic (exact) mass is 354 g/mol. The van der Waals surface area contributed by atoms with Crippen molar-refractivity contribution in [2.45, 2.75) is 19.9 Å². The zero-order chi connectivity index (χ0) is 17.8. The number of hydrogen-bond donors (Lipinski definition) is 2. The molecule has 0 bridgehead atoms. The third-order valence-corrected chi connectivity index (χ3v) is 4.94. The Labute approximate surface area is 149 Å². The molecule has 128 valence electrons. The number of carbonyl (C=O) groups is 2. The summed E-state index contributed by atoms with van der Waals surface area (Å²) in [5.41, 5.74) is 1.82. The second-order valence-corrected chi connectivity index (χ2v) is 6.60. The van der Waals surface area contributed by atoms with Gasteiger partial charge in [-0.3, -0.25) is 9.59 Å². The quantitative estimate of drug-likeness (QED) is 0.714. The van der Waals surface area contributed by atoms with Crippen LogP contribution in [0.4, 0.5) is 5.69 Å². The predicted octanol–water partition coefficient (Wildman–Crippen LogP) is 4.39. The molecule has 2 aromatic heterocycles. The molecule has 6 heteroatoms. The average Bonchev–Trinajstić information content (AvgIpc) is 3.30. The molecular formula is C19H18N2O3S. The summed E-state index contributed by atoms with van der Waals surface area (Å²) >= 11 is 1.60. The van der Waals surface area contributed by atoms with Crippen LogP contribution in [0, 0.1) is 6.92 Å². The van der Waals surface area contributed by atoms with Crippen LogP contribution in [0.3, 0.4) is 0 Å². The van der Waals surface area contributed by atoms with Crippen molar-refractivity contribution in [2.24, 2.45) is 0 Å². The van der Waals surface area contributed by atoms with Crippen molar-refractivity contribution in [3.8, 4) is 0 Å². The number of benzene rings is 1. The van der Waals surface area contributed by atoms with Crippen molar-refractivity contribution >= 4 is 28.8 Å². The van der Waals surface area contributed by atoms with Crippen LogP contribution in [0.5, 0.6) is 0 Å². The Balaban J connectivity index is 1.76. The van der Waals surface area contributed by atoms with E-state index in [4.69, 9.17) is 4.42 Å².